The number of thiazole rings is 1. The van der Waals surface area contributed by atoms with Crippen molar-refractivity contribution in [3.63, 3.8) is 0 Å². The quantitative estimate of drug-likeness (QED) is 0.422. The predicted molar refractivity (Wildman–Crippen MR) is 104 cm³/mol. The number of halogens is 1. The van der Waals surface area contributed by atoms with Crippen LogP contribution in [0.4, 0.5) is 0 Å². The van der Waals surface area contributed by atoms with Gasteiger partial charge < -0.3 is 15.4 Å². The lowest BCUT2D eigenvalue weighted by Crippen LogP contribution is -2.43. The van der Waals surface area contributed by atoms with Crippen molar-refractivity contribution in [2.24, 2.45) is 4.99 Å². The Bertz CT molecular complexity index is 453. The molecule has 0 aromatic carbocycles. The van der Waals surface area contributed by atoms with Crippen LogP contribution < -0.4 is 10.6 Å². The van der Waals surface area contributed by atoms with E-state index in [2.05, 4.69) is 34.5 Å². The Morgan fingerprint density at radius 3 is 2.77 bits per heavy atom. The van der Waals surface area contributed by atoms with Crippen LogP contribution >= 0.6 is 35.3 Å². The standard InChI is InChI=1S/C15H26N4OS.HI/c1-11-12(2)21-14(19-11)7-8-17-15(16-3)18-10-13-6-4-5-9-20-13;/h13H,4-10H2,1-3H3,(H2,16,17,18);1H. The van der Waals surface area contributed by atoms with Gasteiger partial charge in [-0.2, -0.15) is 0 Å². The Morgan fingerprint density at radius 1 is 1.36 bits per heavy atom. The predicted octanol–water partition coefficient (Wildman–Crippen LogP) is 2.65. The first-order chi connectivity index (χ1) is 10.2. The van der Waals surface area contributed by atoms with Crippen molar-refractivity contribution in [3.8, 4) is 0 Å². The number of aromatic nitrogens is 1. The average molecular weight is 438 g/mol. The summed E-state index contributed by atoms with van der Waals surface area (Å²) in [7, 11) is 1.80. The molecule has 7 heteroatoms. The molecule has 0 amide bonds. The van der Waals surface area contributed by atoms with Gasteiger partial charge in [-0.05, 0) is 33.1 Å². The van der Waals surface area contributed by atoms with Crippen molar-refractivity contribution >= 4 is 41.3 Å². The summed E-state index contributed by atoms with van der Waals surface area (Å²) in [6, 6.07) is 0. The monoisotopic (exact) mass is 438 g/mol. The molecule has 2 rings (SSSR count). The highest BCUT2D eigenvalue weighted by Crippen LogP contribution is 2.16. The van der Waals surface area contributed by atoms with E-state index in [9.17, 15) is 0 Å². The number of aryl methyl sites for hydroxylation is 2. The first-order valence-electron chi connectivity index (χ1n) is 7.68. The molecule has 1 unspecified atom stereocenters. The van der Waals surface area contributed by atoms with E-state index in [0.29, 0.717) is 6.10 Å². The van der Waals surface area contributed by atoms with Gasteiger partial charge in [0.25, 0.3) is 0 Å². The minimum atomic E-state index is 0. The average Bonchev–Trinajstić information content (AvgIpc) is 2.82. The van der Waals surface area contributed by atoms with Crippen molar-refractivity contribution in [2.75, 3.05) is 26.7 Å². The topological polar surface area (TPSA) is 58.5 Å². The van der Waals surface area contributed by atoms with Crippen LogP contribution in [0.25, 0.3) is 0 Å². The van der Waals surface area contributed by atoms with Crippen molar-refractivity contribution < 1.29 is 4.74 Å². The highest BCUT2D eigenvalue weighted by molar-refractivity contribution is 14.0. The number of rotatable bonds is 5. The third kappa shape index (κ3) is 6.37. The summed E-state index contributed by atoms with van der Waals surface area (Å²) < 4.78 is 5.71. The number of aliphatic imine (C=N–C) groups is 1. The van der Waals surface area contributed by atoms with E-state index in [1.54, 1.807) is 18.4 Å². The molecule has 22 heavy (non-hydrogen) atoms. The summed E-state index contributed by atoms with van der Waals surface area (Å²) in [5, 5.41) is 7.86. The van der Waals surface area contributed by atoms with Crippen LogP contribution in [0.1, 0.15) is 34.8 Å². The fraction of sp³-hybridized carbons (Fsp3) is 0.733. The Morgan fingerprint density at radius 2 is 2.18 bits per heavy atom. The number of hydrogen-bond acceptors (Lipinski definition) is 4. The lowest BCUT2D eigenvalue weighted by Gasteiger charge is -2.23. The molecule has 0 spiro atoms. The molecule has 2 heterocycles. The SMILES string of the molecule is CN=C(NCCc1nc(C)c(C)s1)NCC1CCCCO1.I. The maximum atomic E-state index is 5.71. The van der Waals surface area contributed by atoms with Crippen LogP contribution in [0, 0.1) is 13.8 Å². The van der Waals surface area contributed by atoms with Crippen LogP contribution in [0.5, 0.6) is 0 Å². The van der Waals surface area contributed by atoms with Crippen LogP contribution in [-0.2, 0) is 11.2 Å². The third-order valence-corrected chi connectivity index (χ3v) is 4.83. The van der Waals surface area contributed by atoms with Crippen LogP contribution in [0.2, 0.25) is 0 Å². The van der Waals surface area contributed by atoms with E-state index in [1.807, 2.05) is 0 Å². The summed E-state index contributed by atoms with van der Waals surface area (Å²) in [5.74, 6) is 0.842. The van der Waals surface area contributed by atoms with Gasteiger partial charge >= 0.3 is 0 Å². The smallest absolute Gasteiger partial charge is 0.191 e. The lowest BCUT2D eigenvalue weighted by molar-refractivity contribution is 0.0194. The summed E-state index contributed by atoms with van der Waals surface area (Å²) in [5.41, 5.74) is 1.15. The molecular weight excluding hydrogens is 411 g/mol. The number of ether oxygens (including phenoxy) is 1. The Labute approximate surface area is 154 Å². The first-order valence-corrected chi connectivity index (χ1v) is 8.49. The molecule has 1 saturated heterocycles. The van der Waals surface area contributed by atoms with Gasteiger partial charge in [0.05, 0.1) is 16.8 Å². The second-order valence-corrected chi connectivity index (χ2v) is 6.66. The van der Waals surface area contributed by atoms with Gasteiger partial charge in [-0.3, -0.25) is 4.99 Å². The first kappa shape index (κ1) is 19.6. The molecule has 1 aromatic rings. The zero-order valence-corrected chi connectivity index (χ0v) is 16.8. The molecule has 0 bridgehead atoms. The molecule has 0 aliphatic carbocycles. The second-order valence-electron chi connectivity index (χ2n) is 5.37. The van der Waals surface area contributed by atoms with E-state index in [-0.39, 0.29) is 24.0 Å². The Hall–Kier alpha value is -0.410. The molecule has 126 valence electrons. The maximum absolute atomic E-state index is 5.71. The third-order valence-electron chi connectivity index (χ3n) is 3.70. The van der Waals surface area contributed by atoms with Crippen molar-refractivity contribution in [2.45, 2.75) is 45.6 Å². The lowest BCUT2D eigenvalue weighted by atomic mass is 10.1. The summed E-state index contributed by atoms with van der Waals surface area (Å²) in [4.78, 5) is 10.1. The molecule has 5 nitrogen and oxygen atoms in total. The van der Waals surface area contributed by atoms with Gasteiger partial charge in [0.15, 0.2) is 5.96 Å². The Balaban J connectivity index is 0.00000242. The zero-order chi connectivity index (χ0) is 15.1. The number of guanidine groups is 1. The van der Waals surface area contributed by atoms with E-state index in [1.165, 1.54) is 22.7 Å². The fourth-order valence-electron chi connectivity index (χ4n) is 2.33. The number of nitrogens with one attached hydrogen (secondary N) is 2. The minimum absolute atomic E-state index is 0. The summed E-state index contributed by atoms with van der Waals surface area (Å²) in [6.45, 7) is 6.75. The maximum Gasteiger partial charge on any atom is 0.191 e. The largest absolute Gasteiger partial charge is 0.376 e. The molecule has 1 aliphatic heterocycles. The zero-order valence-electron chi connectivity index (χ0n) is 13.6. The second kappa shape index (κ2) is 10.4. The van der Waals surface area contributed by atoms with Crippen molar-refractivity contribution in [3.05, 3.63) is 15.6 Å². The molecule has 1 aromatic heterocycles. The van der Waals surface area contributed by atoms with Gasteiger partial charge in [0.2, 0.25) is 0 Å². The molecule has 0 radical (unpaired) electrons. The van der Waals surface area contributed by atoms with E-state index >= 15 is 0 Å². The van der Waals surface area contributed by atoms with Gasteiger partial charge in [0, 0.05) is 38.0 Å². The Kier molecular flexibility index (Phi) is 9.27. The van der Waals surface area contributed by atoms with Crippen LogP contribution in [0.15, 0.2) is 4.99 Å². The molecule has 1 atom stereocenters. The summed E-state index contributed by atoms with van der Waals surface area (Å²) >= 11 is 1.78. The summed E-state index contributed by atoms with van der Waals surface area (Å²) in [6.07, 6.45) is 4.85. The normalized spacial score (nSPS) is 18.7. The highest BCUT2D eigenvalue weighted by Gasteiger charge is 2.13. The van der Waals surface area contributed by atoms with E-state index in [0.717, 1.165) is 44.2 Å². The van der Waals surface area contributed by atoms with Crippen LogP contribution in [-0.4, -0.2) is 43.8 Å². The van der Waals surface area contributed by atoms with Crippen LogP contribution in [0.3, 0.4) is 0 Å². The van der Waals surface area contributed by atoms with Gasteiger partial charge in [-0.1, -0.05) is 0 Å². The number of hydrogen-bond donors (Lipinski definition) is 2. The van der Waals surface area contributed by atoms with Gasteiger partial charge in [-0.15, -0.1) is 35.3 Å². The molecule has 2 N–H and O–H groups in total. The fourth-order valence-corrected chi connectivity index (χ4v) is 3.27. The molecular formula is C15H27IN4OS. The molecule has 0 saturated carbocycles. The van der Waals surface area contributed by atoms with Crippen molar-refractivity contribution in [1.82, 2.24) is 15.6 Å². The minimum Gasteiger partial charge on any atom is -0.376 e. The van der Waals surface area contributed by atoms with E-state index in [4.69, 9.17) is 4.74 Å². The number of nitrogens with zero attached hydrogens (tertiary/aromatic N) is 2. The highest BCUT2D eigenvalue weighted by atomic mass is 127. The van der Waals surface area contributed by atoms with E-state index < -0.39 is 0 Å². The van der Waals surface area contributed by atoms with Gasteiger partial charge in [-0.25, -0.2) is 4.98 Å². The molecule has 1 aliphatic rings. The van der Waals surface area contributed by atoms with Gasteiger partial charge in [0.1, 0.15) is 0 Å². The van der Waals surface area contributed by atoms with Crippen molar-refractivity contribution in [1.29, 1.82) is 0 Å². The molecule has 1 fully saturated rings.